The summed E-state index contributed by atoms with van der Waals surface area (Å²) in [5.74, 6) is 0. The largest absolute Gasteiger partial charge is 0.396 e. The Hall–Kier alpha value is -0.620. The van der Waals surface area contributed by atoms with Crippen molar-refractivity contribution < 1.29 is 13.5 Å². The number of hydrogen-bond donors (Lipinski definition) is 2. The summed E-state index contributed by atoms with van der Waals surface area (Å²) in [4.78, 5) is 0.184. The third-order valence-corrected chi connectivity index (χ3v) is 5.69. The Kier molecular flexibility index (Phi) is 6.01. The molecule has 1 aromatic carbocycles. The molecule has 0 heterocycles. The van der Waals surface area contributed by atoms with Crippen LogP contribution in [0.15, 0.2) is 23.1 Å². The molecule has 0 unspecified atom stereocenters. The van der Waals surface area contributed by atoms with E-state index in [0.29, 0.717) is 23.4 Å². The van der Waals surface area contributed by atoms with E-state index in [2.05, 4.69) is 4.72 Å². The van der Waals surface area contributed by atoms with Gasteiger partial charge in [0, 0.05) is 23.6 Å². The third kappa shape index (κ3) is 3.95. The molecule has 1 rings (SSSR count). The Morgan fingerprint density at radius 3 is 2.40 bits per heavy atom. The van der Waals surface area contributed by atoms with Gasteiger partial charge in [0.05, 0.1) is 4.90 Å². The van der Waals surface area contributed by atoms with Crippen LogP contribution in [-0.4, -0.2) is 26.7 Å². The van der Waals surface area contributed by atoms with Gasteiger partial charge in [-0.3, -0.25) is 0 Å². The highest BCUT2D eigenvalue weighted by molar-refractivity contribution is 7.89. The zero-order valence-corrected chi connectivity index (χ0v) is 13.7. The van der Waals surface area contributed by atoms with Gasteiger partial charge in [-0.05, 0) is 37.5 Å². The van der Waals surface area contributed by atoms with E-state index in [1.54, 1.807) is 19.1 Å². The smallest absolute Gasteiger partial charge is 0.240 e. The molecule has 0 aliphatic carbocycles. The first-order valence-electron chi connectivity index (χ1n) is 6.67. The standard InChI is InChI=1S/C14H22ClNO3S/c1-4-14(5-2,10-17)9-16-20(18,19)13-8-12(15)7-6-11(13)3/h6-8,16-17H,4-5,9-10H2,1-3H3. The second-order valence-electron chi connectivity index (χ2n) is 5.10. The second kappa shape index (κ2) is 6.89. The molecule has 0 saturated heterocycles. The topological polar surface area (TPSA) is 66.4 Å². The number of aryl methyl sites for hydroxylation is 1. The van der Waals surface area contributed by atoms with Crippen LogP contribution < -0.4 is 4.72 Å². The van der Waals surface area contributed by atoms with Crippen LogP contribution in [0.5, 0.6) is 0 Å². The minimum atomic E-state index is -3.62. The molecule has 2 N–H and O–H groups in total. The van der Waals surface area contributed by atoms with Gasteiger partial charge < -0.3 is 5.11 Å². The van der Waals surface area contributed by atoms with Gasteiger partial charge in [-0.2, -0.15) is 0 Å². The minimum absolute atomic E-state index is 0.0446. The van der Waals surface area contributed by atoms with Crippen LogP contribution in [0.3, 0.4) is 0 Å². The number of sulfonamides is 1. The zero-order chi connectivity index (χ0) is 15.4. The monoisotopic (exact) mass is 319 g/mol. The number of benzene rings is 1. The first-order chi connectivity index (χ1) is 9.30. The first-order valence-corrected chi connectivity index (χ1v) is 8.53. The lowest BCUT2D eigenvalue weighted by molar-refractivity contribution is 0.119. The van der Waals surface area contributed by atoms with E-state index in [9.17, 15) is 13.5 Å². The summed E-state index contributed by atoms with van der Waals surface area (Å²) in [7, 11) is -3.62. The van der Waals surface area contributed by atoms with E-state index in [1.165, 1.54) is 6.07 Å². The summed E-state index contributed by atoms with van der Waals surface area (Å²) in [5.41, 5.74) is 0.226. The van der Waals surface area contributed by atoms with Gasteiger partial charge in [0.2, 0.25) is 10.0 Å². The molecule has 0 atom stereocenters. The van der Waals surface area contributed by atoms with Crippen molar-refractivity contribution in [2.24, 2.45) is 5.41 Å². The number of hydrogen-bond acceptors (Lipinski definition) is 3. The Morgan fingerprint density at radius 2 is 1.90 bits per heavy atom. The van der Waals surface area contributed by atoms with Crippen LogP contribution in [-0.2, 0) is 10.0 Å². The molecular weight excluding hydrogens is 298 g/mol. The normalized spacial score (nSPS) is 12.7. The predicted octanol–water partition coefficient (Wildman–Crippen LogP) is 2.73. The predicted molar refractivity (Wildman–Crippen MR) is 81.5 cm³/mol. The SMILES string of the molecule is CCC(CC)(CO)CNS(=O)(=O)c1cc(Cl)ccc1C. The van der Waals surface area contributed by atoms with Crippen LogP contribution in [0.4, 0.5) is 0 Å². The van der Waals surface area contributed by atoms with E-state index in [4.69, 9.17) is 11.6 Å². The van der Waals surface area contributed by atoms with Crippen molar-refractivity contribution in [3.8, 4) is 0 Å². The Balaban J connectivity index is 2.98. The van der Waals surface area contributed by atoms with Crippen LogP contribution in [0, 0.1) is 12.3 Å². The van der Waals surface area contributed by atoms with Gasteiger partial charge in [-0.25, -0.2) is 13.1 Å². The molecule has 0 aliphatic heterocycles. The second-order valence-corrected chi connectivity index (χ2v) is 7.27. The molecular formula is C14H22ClNO3S. The quantitative estimate of drug-likeness (QED) is 0.812. The summed E-state index contributed by atoms with van der Waals surface area (Å²) < 4.78 is 27.3. The Morgan fingerprint density at radius 1 is 1.30 bits per heavy atom. The third-order valence-electron chi connectivity index (χ3n) is 3.91. The number of rotatable bonds is 7. The Labute approximate surface area is 126 Å². The van der Waals surface area contributed by atoms with Crippen LogP contribution in [0.1, 0.15) is 32.3 Å². The van der Waals surface area contributed by atoms with E-state index in [0.717, 1.165) is 0 Å². The lowest BCUT2D eigenvalue weighted by Gasteiger charge is -2.29. The molecule has 0 fully saturated rings. The molecule has 1 aromatic rings. The fourth-order valence-electron chi connectivity index (χ4n) is 1.97. The van der Waals surface area contributed by atoms with Crippen molar-refractivity contribution in [1.82, 2.24) is 4.72 Å². The first kappa shape index (κ1) is 17.4. The van der Waals surface area contributed by atoms with Crippen molar-refractivity contribution >= 4 is 21.6 Å². The van der Waals surface area contributed by atoms with Gasteiger partial charge in [0.1, 0.15) is 0 Å². The highest BCUT2D eigenvalue weighted by Gasteiger charge is 2.28. The molecule has 114 valence electrons. The van der Waals surface area contributed by atoms with Crippen molar-refractivity contribution in [2.75, 3.05) is 13.2 Å². The van der Waals surface area contributed by atoms with Crippen molar-refractivity contribution in [3.63, 3.8) is 0 Å². The molecule has 0 amide bonds. The van der Waals surface area contributed by atoms with Gasteiger partial charge >= 0.3 is 0 Å². The van der Waals surface area contributed by atoms with Crippen LogP contribution >= 0.6 is 11.6 Å². The van der Waals surface area contributed by atoms with Gasteiger partial charge in [-0.1, -0.05) is 31.5 Å². The van der Waals surface area contributed by atoms with E-state index >= 15 is 0 Å². The summed E-state index contributed by atoms with van der Waals surface area (Å²) in [6.07, 6.45) is 1.41. The number of aliphatic hydroxyl groups excluding tert-OH is 1. The highest BCUT2D eigenvalue weighted by Crippen LogP contribution is 2.26. The molecule has 0 spiro atoms. The maximum atomic E-state index is 12.3. The van der Waals surface area contributed by atoms with Crippen molar-refractivity contribution in [1.29, 1.82) is 0 Å². The molecule has 4 nitrogen and oxygen atoms in total. The molecule has 0 bridgehead atoms. The van der Waals surface area contributed by atoms with E-state index < -0.39 is 15.4 Å². The molecule has 20 heavy (non-hydrogen) atoms. The van der Waals surface area contributed by atoms with E-state index in [1.807, 2.05) is 13.8 Å². The minimum Gasteiger partial charge on any atom is -0.396 e. The van der Waals surface area contributed by atoms with Crippen LogP contribution in [0.25, 0.3) is 0 Å². The van der Waals surface area contributed by atoms with Gasteiger partial charge in [0.15, 0.2) is 0 Å². The fraction of sp³-hybridized carbons (Fsp3) is 0.571. The molecule has 0 aliphatic rings. The molecule has 0 radical (unpaired) electrons. The van der Waals surface area contributed by atoms with E-state index in [-0.39, 0.29) is 18.0 Å². The summed E-state index contributed by atoms with van der Waals surface area (Å²) in [6, 6.07) is 4.78. The lowest BCUT2D eigenvalue weighted by Crippen LogP contribution is -2.39. The number of nitrogens with one attached hydrogen (secondary N) is 1. The highest BCUT2D eigenvalue weighted by atomic mass is 35.5. The summed E-state index contributed by atoms with van der Waals surface area (Å²) >= 11 is 5.86. The lowest BCUT2D eigenvalue weighted by atomic mass is 9.84. The fourth-order valence-corrected chi connectivity index (χ4v) is 3.63. The Bertz CT molecular complexity index is 545. The number of halogens is 1. The van der Waals surface area contributed by atoms with Crippen LogP contribution in [0.2, 0.25) is 5.02 Å². The number of aliphatic hydroxyl groups is 1. The summed E-state index contributed by atoms with van der Waals surface area (Å²) in [5, 5.41) is 9.87. The maximum Gasteiger partial charge on any atom is 0.240 e. The average molecular weight is 320 g/mol. The van der Waals surface area contributed by atoms with Crippen molar-refractivity contribution in [3.05, 3.63) is 28.8 Å². The molecule has 6 heteroatoms. The molecule has 0 saturated carbocycles. The molecule has 0 aromatic heterocycles. The van der Waals surface area contributed by atoms with Crippen molar-refractivity contribution in [2.45, 2.75) is 38.5 Å². The zero-order valence-electron chi connectivity index (χ0n) is 12.1. The van der Waals surface area contributed by atoms with Gasteiger partial charge in [-0.15, -0.1) is 0 Å². The van der Waals surface area contributed by atoms with Gasteiger partial charge in [0.25, 0.3) is 0 Å². The average Bonchev–Trinajstić information content (AvgIpc) is 2.43. The maximum absolute atomic E-state index is 12.3. The summed E-state index contributed by atoms with van der Waals surface area (Å²) in [6.45, 7) is 5.78.